The van der Waals surface area contributed by atoms with Gasteiger partial charge >= 0.3 is 0 Å². The standard InChI is InChI=1S/C20H30N2O3S/c23-20(22-14-7-3-4-8-15-22)17-10-9-13-19(16-17)26(24,25)21-18-11-5-1-2-6-12-18/h9-10,13,16,18,21H,1-8,11-12,14-15H2. The molecule has 0 unspecified atom stereocenters. The fraction of sp³-hybridized carbons (Fsp3) is 0.650. The van der Waals surface area contributed by atoms with Crippen LogP contribution < -0.4 is 4.72 Å². The van der Waals surface area contributed by atoms with E-state index in [1.54, 1.807) is 18.2 Å². The van der Waals surface area contributed by atoms with Crippen molar-refractivity contribution in [2.45, 2.75) is 75.1 Å². The lowest BCUT2D eigenvalue weighted by molar-refractivity contribution is 0.0761. The van der Waals surface area contributed by atoms with Crippen LogP contribution in [0.1, 0.15) is 74.6 Å². The van der Waals surface area contributed by atoms with Crippen molar-refractivity contribution in [3.63, 3.8) is 0 Å². The largest absolute Gasteiger partial charge is 0.339 e. The van der Waals surface area contributed by atoms with E-state index in [2.05, 4.69) is 4.72 Å². The van der Waals surface area contributed by atoms with Crippen molar-refractivity contribution in [1.29, 1.82) is 0 Å². The predicted molar refractivity (Wildman–Crippen MR) is 103 cm³/mol. The van der Waals surface area contributed by atoms with Crippen molar-refractivity contribution in [3.05, 3.63) is 29.8 Å². The van der Waals surface area contributed by atoms with Crippen LogP contribution in [0.5, 0.6) is 0 Å². The van der Waals surface area contributed by atoms with Crippen LogP contribution >= 0.6 is 0 Å². The van der Waals surface area contributed by atoms with E-state index in [1.807, 2.05) is 4.90 Å². The number of benzene rings is 1. The van der Waals surface area contributed by atoms with E-state index in [-0.39, 0.29) is 16.8 Å². The average molecular weight is 379 g/mol. The number of sulfonamides is 1. The van der Waals surface area contributed by atoms with Gasteiger partial charge in [0.1, 0.15) is 0 Å². The number of hydrogen-bond acceptors (Lipinski definition) is 3. The second kappa shape index (κ2) is 9.00. The quantitative estimate of drug-likeness (QED) is 0.812. The molecular formula is C20H30N2O3S. The molecule has 1 aliphatic heterocycles. The highest BCUT2D eigenvalue weighted by molar-refractivity contribution is 7.89. The minimum atomic E-state index is -3.59. The number of hydrogen-bond donors (Lipinski definition) is 1. The molecule has 0 aromatic heterocycles. The first-order chi connectivity index (χ1) is 12.6. The van der Waals surface area contributed by atoms with Crippen LogP contribution in [0.2, 0.25) is 0 Å². The molecule has 1 amide bonds. The summed E-state index contributed by atoms with van der Waals surface area (Å²) >= 11 is 0. The van der Waals surface area contributed by atoms with Gasteiger partial charge in [0.05, 0.1) is 4.90 Å². The van der Waals surface area contributed by atoms with Gasteiger partial charge in [0.2, 0.25) is 10.0 Å². The summed E-state index contributed by atoms with van der Waals surface area (Å²) in [5.74, 6) is -0.0570. The van der Waals surface area contributed by atoms with Crippen LogP contribution in [-0.4, -0.2) is 38.4 Å². The Morgan fingerprint density at radius 1 is 0.923 bits per heavy atom. The van der Waals surface area contributed by atoms with Gasteiger partial charge in [0, 0.05) is 24.7 Å². The molecule has 0 bridgehead atoms. The van der Waals surface area contributed by atoms with E-state index in [9.17, 15) is 13.2 Å². The molecule has 0 spiro atoms. The molecule has 1 heterocycles. The van der Waals surface area contributed by atoms with Gasteiger partial charge in [0.15, 0.2) is 0 Å². The maximum absolute atomic E-state index is 12.8. The van der Waals surface area contributed by atoms with Crippen LogP contribution in [0.4, 0.5) is 0 Å². The molecular weight excluding hydrogens is 348 g/mol. The third-order valence-corrected chi connectivity index (χ3v) is 6.98. The highest BCUT2D eigenvalue weighted by Gasteiger charge is 2.23. The molecule has 5 nitrogen and oxygen atoms in total. The zero-order valence-corrected chi connectivity index (χ0v) is 16.3. The van der Waals surface area contributed by atoms with E-state index in [0.29, 0.717) is 5.56 Å². The molecule has 1 aromatic rings. The molecule has 2 aliphatic rings. The molecule has 2 fully saturated rings. The first kappa shape index (κ1) is 19.4. The summed E-state index contributed by atoms with van der Waals surface area (Å²) in [6.45, 7) is 1.52. The van der Waals surface area contributed by atoms with Crippen LogP contribution in [0.3, 0.4) is 0 Å². The lowest BCUT2D eigenvalue weighted by atomic mass is 10.1. The van der Waals surface area contributed by atoms with Gasteiger partial charge in [-0.25, -0.2) is 13.1 Å². The fourth-order valence-electron chi connectivity index (χ4n) is 3.94. The number of amides is 1. The third-order valence-electron chi connectivity index (χ3n) is 5.46. The number of rotatable bonds is 4. The summed E-state index contributed by atoms with van der Waals surface area (Å²) in [5.41, 5.74) is 0.468. The number of nitrogens with one attached hydrogen (secondary N) is 1. The monoisotopic (exact) mass is 378 g/mol. The Balaban J connectivity index is 1.73. The summed E-state index contributed by atoms with van der Waals surface area (Å²) in [7, 11) is -3.59. The molecule has 1 saturated carbocycles. The van der Waals surface area contributed by atoms with Gasteiger partial charge in [-0.3, -0.25) is 4.79 Å². The molecule has 1 saturated heterocycles. The zero-order chi connectivity index (χ0) is 18.4. The Morgan fingerprint density at radius 3 is 2.19 bits per heavy atom. The third kappa shape index (κ3) is 5.07. The molecule has 0 atom stereocenters. The Kier molecular flexibility index (Phi) is 6.70. The minimum Gasteiger partial charge on any atom is -0.339 e. The molecule has 1 aromatic carbocycles. The van der Waals surface area contributed by atoms with Crippen LogP contribution in [-0.2, 0) is 10.0 Å². The number of carbonyl (C=O) groups excluding carboxylic acids is 1. The van der Waals surface area contributed by atoms with Gasteiger partial charge in [-0.15, -0.1) is 0 Å². The molecule has 144 valence electrons. The van der Waals surface area contributed by atoms with E-state index in [0.717, 1.165) is 64.5 Å². The van der Waals surface area contributed by atoms with Crippen molar-refractivity contribution in [1.82, 2.24) is 9.62 Å². The predicted octanol–water partition coefficient (Wildman–Crippen LogP) is 3.70. The maximum atomic E-state index is 12.8. The lowest BCUT2D eigenvalue weighted by Gasteiger charge is -2.21. The second-order valence-corrected chi connectivity index (χ2v) is 9.26. The van der Waals surface area contributed by atoms with E-state index >= 15 is 0 Å². The topological polar surface area (TPSA) is 66.5 Å². The molecule has 1 N–H and O–H groups in total. The molecule has 0 radical (unpaired) electrons. The van der Waals surface area contributed by atoms with E-state index < -0.39 is 10.0 Å². The summed E-state index contributed by atoms with van der Waals surface area (Å²) < 4.78 is 28.4. The average Bonchev–Trinajstić information content (AvgIpc) is 3.06. The van der Waals surface area contributed by atoms with Crippen molar-refractivity contribution in [2.24, 2.45) is 0 Å². The highest BCUT2D eigenvalue weighted by Crippen LogP contribution is 2.21. The Hall–Kier alpha value is -1.40. The first-order valence-electron chi connectivity index (χ1n) is 9.98. The van der Waals surface area contributed by atoms with Crippen molar-refractivity contribution < 1.29 is 13.2 Å². The maximum Gasteiger partial charge on any atom is 0.253 e. The SMILES string of the molecule is O=C(c1cccc(S(=O)(=O)NC2CCCCCC2)c1)N1CCCCCC1. The summed E-state index contributed by atoms with van der Waals surface area (Å²) in [4.78, 5) is 14.8. The van der Waals surface area contributed by atoms with Gasteiger partial charge in [-0.1, -0.05) is 44.6 Å². The minimum absolute atomic E-state index is 0.00691. The Bertz CT molecular complexity index is 702. The van der Waals surface area contributed by atoms with Crippen LogP contribution in [0, 0.1) is 0 Å². The van der Waals surface area contributed by atoms with Crippen molar-refractivity contribution in [3.8, 4) is 0 Å². The van der Waals surface area contributed by atoms with E-state index in [4.69, 9.17) is 0 Å². The summed E-state index contributed by atoms with van der Waals surface area (Å²) in [6, 6.07) is 6.52. The molecule has 3 rings (SSSR count). The first-order valence-corrected chi connectivity index (χ1v) is 11.5. The van der Waals surface area contributed by atoms with Gasteiger partial charge in [0.25, 0.3) is 5.91 Å². The van der Waals surface area contributed by atoms with Crippen LogP contribution in [0.25, 0.3) is 0 Å². The van der Waals surface area contributed by atoms with Crippen LogP contribution in [0.15, 0.2) is 29.2 Å². The summed E-state index contributed by atoms with van der Waals surface area (Å²) in [6.07, 6.45) is 10.6. The smallest absolute Gasteiger partial charge is 0.253 e. The van der Waals surface area contributed by atoms with Crippen molar-refractivity contribution >= 4 is 15.9 Å². The zero-order valence-electron chi connectivity index (χ0n) is 15.5. The lowest BCUT2D eigenvalue weighted by Crippen LogP contribution is -2.35. The van der Waals surface area contributed by atoms with Crippen molar-refractivity contribution in [2.75, 3.05) is 13.1 Å². The molecule has 26 heavy (non-hydrogen) atoms. The molecule has 6 heteroatoms. The molecule has 1 aliphatic carbocycles. The second-order valence-electron chi connectivity index (χ2n) is 7.54. The van der Waals surface area contributed by atoms with Gasteiger partial charge < -0.3 is 4.90 Å². The fourth-order valence-corrected chi connectivity index (χ4v) is 5.29. The number of likely N-dealkylation sites (tertiary alicyclic amines) is 1. The highest BCUT2D eigenvalue weighted by atomic mass is 32.2. The summed E-state index contributed by atoms with van der Waals surface area (Å²) in [5, 5.41) is 0. The normalized spacial score (nSPS) is 20.4. The number of carbonyl (C=O) groups is 1. The Labute approximate surface area is 157 Å². The van der Waals surface area contributed by atoms with E-state index in [1.165, 1.54) is 18.9 Å². The number of nitrogens with zero attached hydrogens (tertiary/aromatic N) is 1. The Morgan fingerprint density at radius 2 is 1.54 bits per heavy atom. The van der Waals surface area contributed by atoms with Gasteiger partial charge in [-0.2, -0.15) is 0 Å². The van der Waals surface area contributed by atoms with Gasteiger partial charge in [-0.05, 0) is 43.9 Å².